The lowest BCUT2D eigenvalue weighted by atomic mass is 10.3. The van der Waals surface area contributed by atoms with Crippen molar-refractivity contribution in [2.45, 2.75) is 13.5 Å². The van der Waals surface area contributed by atoms with Crippen molar-refractivity contribution in [2.24, 2.45) is 7.05 Å². The van der Waals surface area contributed by atoms with Crippen molar-refractivity contribution in [3.05, 3.63) is 29.8 Å². The van der Waals surface area contributed by atoms with Gasteiger partial charge in [0.05, 0.1) is 17.6 Å². The molecule has 0 atom stereocenters. The molecule has 0 aliphatic heterocycles. The van der Waals surface area contributed by atoms with E-state index in [0.29, 0.717) is 12.1 Å². The lowest BCUT2D eigenvalue weighted by molar-refractivity contribution is 0.629. The van der Waals surface area contributed by atoms with Gasteiger partial charge in [-0.2, -0.15) is 0 Å². The van der Waals surface area contributed by atoms with E-state index < -0.39 is 0 Å². The molecule has 0 aliphatic carbocycles. The molecule has 1 aromatic heterocycles. The first kappa shape index (κ1) is 10.1. The van der Waals surface area contributed by atoms with Gasteiger partial charge in [-0.3, -0.25) is 0 Å². The fraction of sp³-hybridized carbons (Fsp3) is 0.364. The Morgan fingerprint density at radius 3 is 3.00 bits per heavy atom. The number of nitrogens with one attached hydrogen (secondary N) is 1. The summed E-state index contributed by atoms with van der Waals surface area (Å²) >= 11 is 0. The number of fused-ring (bicyclic) bond motifs is 1. The van der Waals surface area contributed by atoms with Gasteiger partial charge in [0.2, 0.25) is 0 Å². The van der Waals surface area contributed by atoms with Crippen LogP contribution in [0.15, 0.2) is 18.2 Å². The van der Waals surface area contributed by atoms with E-state index in [4.69, 9.17) is 0 Å². The van der Waals surface area contributed by atoms with Crippen LogP contribution >= 0.6 is 0 Å². The number of hydrogen-bond donors (Lipinski definition) is 1. The molecule has 0 aliphatic rings. The summed E-state index contributed by atoms with van der Waals surface area (Å²) in [5, 5.41) is 3.20. The van der Waals surface area contributed by atoms with Gasteiger partial charge in [-0.1, -0.05) is 6.92 Å². The number of rotatable bonds is 3. The lowest BCUT2D eigenvalue weighted by Gasteiger charge is -2.01. The molecule has 4 heteroatoms. The van der Waals surface area contributed by atoms with E-state index in [-0.39, 0.29) is 5.82 Å². The predicted molar refractivity (Wildman–Crippen MR) is 58.1 cm³/mol. The summed E-state index contributed by atoms with van der Waals surface area (Å²) in [6.45, 7) is 3.66. The molecule has 80 valence electrons. The van der Waals surface area contributed by atoms with Crippen LogP contribution in [0, 0.1) is 5.82 Å². The second-order valence-electron chi connectivity index (χ2n) is 3.50. The summed E-state index contributed by atoms with van der Waals surface area (Å²) in [6, 6.07) is 4.68. The Kier molecular flexibility index (Phi) is 2.68. The van der Waals surface area contributed by atoms with E-state index >= 15 is 0 Å². The number of hydrogen-bond acceptors (Lipinski definition) is 2. The van der Waals surface area contributed by atoms with Crippen LogP contribution in [0.3, 0.4) is 0 Å². The van der Waals surface area contributed by atoms with Gasteiger partial charge in [0, 0.05) is 13.1 Å². The van der Waals surface area contributed by atoms with Crippen molar-refractivity contribution in [3.63, 3.8) is 0 Å². The lowest BCUT2D eigenvalue weighted by Crippen LogP contribution is -2.15. The van der Waals surface area contributed by atoms with Gasteiger partial charge in [0.15, 0.2) is 0 Å². The van der Waals surface area contributed by atoms with Gasteiger partial charge in [0.1, 0.15) is 11.6 Å². The maximum atomic E-state index is 13.0. The molecular formula is C11H14FN3. The van der Waals surface area contributed by atoms with E-state index in [2.05, 4.69) is 10.3 Å². The van der Waals surface area contributed by atoms with Crippen molar-refractivity contribution >= 4 is 11.0 Å². The van der Waals surface area contributed by atoms with Gasteiger partial charge in [-0.05, 0) is 18.7 Å². The Bertz CT molecular complexity index is 476. The Morgan fingerprint density at radius 2 is 2.27 bits per heavy atom. The summed E-state index contributed by atoms with van der Waals surface area (Å²) in [5.74, 6) is 0.688. The minimum Gasteiger partial charge on any atom is -0.330 e. The topological polar surface area (TPSA) is 29.9 Å². The molecule has 0 bridgehead atoms. The standard InChI is InChI=1S/C11H14FN3/c1-3-13-7-11-14-9-6-8(12)4-5-10(9)15(11)2/h4-6,13H,3,7H2,1-2H3. The molecule has 2 rings (SSSR count). The fourth-order valence-corrected chi connectivity index (χ4v) is 1.62. The summed E-state index contributed by atoms with van der Waals surface area (Å²) in [5.41, 5.74) is 1.68. The molecule has 15 heavy (non-hydrogen) atoms. The second-order valence-corrected chi connectivity index (χ2v) is 3.50. The van der Waals surface area contributed by atoms with E-state index in [1.807, 2.05) is 18.5 Å². The smallest absolute Gasteiger partial charge is 0.125 e. The highest BCUT2D eigenvalue weighted by Gasteiger charge is 2.07. The van der Waals surface area contributed by atoms with E-state index in [1.165, 1.54) is 12.1 Å². The summed E-state index contributed by atoms with van der Waals surface area (Å²) in [6.07, 6.45) is 0. The number of aryl methyl sites for hydroxylation is 1. The molecule has 0 unspecified atom stereocenters. The fourth-order valence-electron chi connectivity index (χ4n) is 1.62. The molecule has 1 aromatic carbocycles. The largest absolute Gasteiger partial charge is 0.330 e. The maximum absolute atomic E-state index is 13.0. The highest BCUT2D eigenvalue weighted by Crippen LogP contribution is 2.15. The Labute approximate surface area is 87.9 Å². The Balaban J connectivity index is 2.44. The van der Waals surface area contributed by atoms with Crippen LogP contribution < -0.4 is 5.32 Å². The van der Waals surface area contributed by atoms with Gasteiger partial charge in [-0.25, -0.2) is 9.37 Å². The molecule has 0 spiro atoms. The monoisotopic (exact) mass is 207 g/mol. The number of aromatic nitrogens is 2. The van der Waals surface area contributed by atoms with Crippen LogP contribution in [0.1, 0.15) is 12.7 Å². The molecule has 0 saturated heterocycles. The third kappa shape index (κ3) is 1.85. The van der Waals surface area contributed by atoms with Crippen molar-refractivity contribution in [3.8, 4) is 0 Å². The van der Waals surface area contributed by atoms with Gasteiger partial charge in [0.25, 0.3) is 0 Å². The number of benzene rings is 1. The molecule has 3 nitrogen and oxygen atoms in total. The van der Waals surface area contributed by atoms with Crippen LogP contribution in [-0.2, 0) is 13.6 Å². The number of imidazole rings is 1. The molecule has 1 N–H and O–H groups in total. The van der Waals surface area contributed by atoms with Crippen LogP contribution in [-0.4, -0.2) is 16.1 Å². The zero-order valence-corrected chi connectivity index (χ0v) is 8.92. The van der Waals surface area contributed by atoms with Crippen LogP contribution in [0.2, 0.25) is 0 Å². The van der Waals surface area contributed by atoms with E-state index in [9.17, 15) is 4.39 Å². The molecule has 0 fully saturated rings. The first-order valence-corrected chi connectivity index (χ1v) is 5.04. The van der Waals surface area contributed by atoms with Crippen molar-refractivity contribution in [2.75, 3.05) is 6.54 Å². The highest BCUT2D eigenvalue weighted by molar-refractivity contribution is 5.75. The van der Waals surface area contributed by atoms with Gasteiger partial charge in [-0.15, -0.1) is 0 Å². The summed E-state index contributed by atoms with van der Waals surface area (Å²) in [7, 11) is 1.94. The second kappa shape index (κ2) is 3.98. The average molecular weight is 207 g/mol. The minimum atomic E-state index is -0.240. The maximum Gasteiger partial charge on any atom is 0.125 e. The summed E-state index contributed by atoms with van der Waals surface area (Å²) < 4.78 is 14.9. The van der Waals surface area contributed by atoms with E-state index in [0.717, 1.165) is 17.9 Å². The third-order valence-corrected chi connectivity index (χ3v) is 2.47. The normalized spacial score (nSPS) is 11.1. The quantitative estimate of drug-likeness (QED) is 0.832. The van der Waals surface area contributed by atoms with Gasteiger partial charge >= 0.3 is 0 Å². The van der Waals surface area contributed by atoms with Crippen molar-refractivity contribution in [1.82, 2.24) is 14.9 Å². The SMILES string of the molecule is CCNCc1nc2cc(F)ccc2n1C. The molecule has 0 radical (unpaired) electrons. The van der Waals surface area contributed by atoms with Crippen molar-refractivity contribution < 1.29 is 4.39 Å². The molecule has 0 saturated carbocycles. The van der Waals surface area contributed by atoms with Crippen molar-refractivity contribution in [1.29, 1.82) is 0 Å². The van der Waals surface area contributed by atoms with Crippen LogP contribution in [0.25, 0.3) is 11.0 Å². The average Bonchev–Trinajstić information content (AvgIpc) is 2.52. The summed E-state index contributed by atoms with van der Waals surface area (Å²) in [4.78, 5) is 4.37. The molecule has 0 amide bonds. The predicted octanol–water partition coefficient (Wildman–Crippen LogP) is 1.82. The van der Waals surface area contributed by atoms with Crippen LogP contribution in [0.5, 0.6) is 0 Å². The zero-order valence-electron chi connectivity index (χ0n) is 8.92. The first-order valence-electron chi connectivity index (χ1n) is 5.04. The highest BCUT2D eigenvalue weighted by atomic mass is 19.1. The van der Waals surface area contributed by atoms with Crippen LogP contribution in [0.4, 0.5) is 4.39 Å². The van der Waals surface area contributed by atoms with Gasteiger partial charge < -0.3 is 9.88 Å². The Hall–Kier alpha value is -1.42. The number of nitrogens with zero attached hydrogens (tertiary/aromatic N) is 2. The third-order valence-electron chi connectivity index (χ3n) is 2.47. The number of halogens is 1. The molecule has 2 aromatic rings. The minimum absolute atomic E-state index is 0.240. The molecule has 1 heterocycles. The zero-order chi connectivity index (χ0) is 10.8. The molecular weight excluding hydrogens is 193 g/mol. The van der Waals surface area contributed by atoms with E-state index in [1.54, 1.807) is 6.07 Å². The first-order chi connectivity index (χ1) is 7.22. The Morgan fingerprint density at radius 1 is 1.47 bits per heavy atom.